The Morgan fingerprint density at radius 3 is 2.43 bits per heavy atom. The van der Waals surface area contributed by atoms with Crippen LogP contribution in [0.3, 0.4) is 0 Å². The number of hydrogen-bond acceptors (Lipinski definition) is 3. The molecule has 1 N–H and O–H groups in total. The van der Waals surface area contributed by atoms with E-state index in [2.05, 4.69) is 4.98 Å². The number of pyridine rings is 1. The fraction of sp³-hybridized carbons (Fsp3) is 0.211. The van der Waals surface area contributed by atoms with Crippen LogP contribution in [0.25, 0.3) is 22.0 Å². The predicted octanol–water partition coefficient (Wildman–Crippen LogP) is 4.93. The van der Waals surface area contributed by atoms with E-state index in [1.807, 2.05) is 49.4 Å². The fourth-order valence-electron chi connectivity index (χ4n) is 2.74. The van der Waals surface area contributed by atoms with Gasteiger partial charge in [0.2, 0.25) is 0 Å². The quantitative estimate of drug-likeness (QED) is 0.694. The highest BCUT2D eigenvalue weighted by Crippen LogP contribution is 2.34. The van der Waals surface area contributed by atoms with E-state index in [1.165, 1.54) is 0 Å². The molecule has 0 spiro atoms. The third-order valence-electron chi connectivity index (χ3n) is 3.92. The molecular weight excluding hydrogens is 310 g/mol. The zero-order chi connectivity index (χ0) is 16.6. The number of aryl methyl sites for hydroxylation is 1. The van der Waals surface area contributed by atoms with Crippen LogP contribution in [0.2, 0.25) is 5.15 Å². The van der Waals surface area contributed by atoms with Crippen LogP contribution in [0.4, 0.5) is 0 Å². The lowest BCUT2D eigenvalue weighted by Gasteiger charge is -2.13. The van der Waals surface area contributed by atoms with Gasteiger partial charge in [0.25, 0.3) is 0 Å². The van der Waals surface area contributed by atoms with Crippen LogP contribution in [0.15, 0.2) is 42.5 Å². The van der Waals surface area contributed by atoms with Gasteiger partial charge in [-0.25, -0.2) is 4.98 Å². The van der Waals surface area contributed by atoms with Crippen LogP contribution < -0.4 is 4.74 Å². The normalized spacial score (nSPS) is 12.4. The smallest absolute Gasteiger partial charge is 0.137 e. The molecule has 0 radical (unpaired) electrons. The van der Waals surface area contributed by atoms with Crippen molar-refractivity contribution in [1.29, 1.82) is 0 Å². The summed E-state index contributed by atoms with van der Waals surface area (Å²) in [5, 5.41) is 11.4. The number of methoxy groups -OCH3 is 1. The number of halogens is 1. The van der Waals surface area contributed by atoms with Gasteiger partial charge >= 0.3 is 0 Å². The molecule has 3 aromatic rings. The summed E-state index contributed by atoms with van der Waals surface area (Å²) in [6.45, 7) is 3.74. The van der Waals surface area contributed by atoms with Crippen molar-refractivity contribution >= 4 is 22.5 Å². The average Bonchev–Trinajstić information content (AvgIpc) is 2.53. The molecule has 23 heavy (non-hydrogen) atoms. The maximum atomic E-state index is 10.1. The molecule has 0 aliphatic carbocycles. The summed E-state index contributed by atoms with van der Waals surface area (Å²) in [6.07, 6.45) is -0.566. The molecule has 1 unspecified atom stereocenters. The Labute approximate surface area is 140 Å². The van der Waals surface area contributed by atoms with Gasteiger partial charge in [0.1, 0.15) is 10.9 Å². The molecular formula is C19H18ClNO2. The minimum Gasteiger partial charge on any atom is -0.497 e. The van der Waals surface area contributed by atoms with Gasteiger partial charge in [-0.15, -0.1) is 0 Å². The third-order valence-corrected chi connectivity index (χ3v) is 4.20. The molecule has 0 saturated carbocycles. The van der Waals surface area contributed by atoms with Gasteiger partial charge in [-0.2, -0.15) is 0 Å². The van der Waals surface area contributed by atoms with Gasteiger partial charge in [-0.3, -0.25) is 0 Å². The first-order valence-corrected chi connectivity index (χ1v) is 7.80. The second-order valence-corrected chi connectivity index (χ2v) is 6.01. The molecule has 1 heterocycles. The molecule has 0 aliphatic rings. The summed E-state index contributed by atoms with van der Waals surface area (Å²) in [5.74, 6) is 0.791. The number of benzene rings is 2. The number of aliphatic hydroxyl groups excluding tert-OH is 1. The molecule has 3 nitrogen and oxygen atoms in total. The van der Waals surface area contributed by atoms with E-state index in [4.69, 9.17) is 16.3 Å². The van der Waals surface area contributed by atoms with Crippen LogP contribution in [0.1, 0.15) is 24.2 Å². The lowest BCUT2D eigenvalue weighted by molar-refractivity contribution is 0.201. The maximum absolute atomic E-state index is 10.1. The van der Waals surface area contributed by atoms with Crippen LogP contribution >= 0.6 is 11.6 Å². The Bertz CT molecular complexity index is 857. The first-order chi connectivity index (χ1) is 11.0. The zero-order valence-electron chi connectivity index (χ0n) is 13.3. The summed E-state index contributed by atoms with van der Waals surface area (Å²) in [7, 11) is 1.64. The maximum Gasteiger partial charge on any atom is 0.137 e. The van der Waals surface area contributed by atoms with Crippen molar-refractivity contribution in [1.82, 2.24) is 4.98 Å². The SMILES string of the molecule is COc1ccc(-c2cc3c(C(C)O)cc(C)cc3nc2Cl)cc1. The Kier molecular flexibility index (Phi) is 4.24. The summed E-state index contributed by atoms with van der Waals surface area (Å²) in [6, 6.07) is 13.6. The van der Waals surface area contributed by atoms with Crippen molar-refractivity contribution in [3.05, 3.63) is 58.7 Å². The first-order valence-electron chi connectivity index (χ1n) is 7.43. The molecule has 118 valence electrons. The van der Waals surface area contributed by atoms with Gasteiger partial charge in [0, 0.05) is 10.9 Å². The van der Waals surface area contributed by atoms with E-state index in [0.29, 0.717) is 5.15 Å². The Morgan fingerprint density at radius 2 is 1.83 bits per heavy atom. The number of fused-ring (bicyclic) bond motifs is 1. The molecule has 1 atom stereocenters. The number of nitrogens with zero attached hydrogens (tertiary/aromatic N) is 1. The van der Waals surface area contributed by atoms with Crippen molar-refractivity contribution in [3.8, 4) is 16.9 Å². The average molecular weight is 328 g/mol. The van der Waals surface area contributed by atoms with E-state index in [1.54, 1.807) is 14.0 Å². The Morgan fingerprint density at radius 1 is 1.13 bits per heavy atom. The topological polar surface area (TPSA) is 42.4 Å². The van der Waals surface area contributed by atoms with Crippen LogP contribution in [0, 0.1) is 6.92 Å². The number of aliphatic hydroxyl groups is 1. The molecule has 0 saturated heterocycles. The second-order valence-electron chi connectivity index (χ2n) is 5.65. The molecule has 1 aromatic heterocycles. The molecule has 0 bridgehead atoms. The van der Waals surface area contributed by atoms with Crippen molar-refractivity contribution in [2.24, 2.45) is 0 Å². The predicted molar refractivity (Wildman–Crippen MR) is 94.1 cm³/mol. The lowest BCUT2D eigenvalue weighted by atomic mass is 9.98. The molecule has 0 aliphatic heterocycles. The number of hydrogen-bond donors (Lipinski definition) is 1. The highest BCUT2D eigenvalue weighted by Gasteiger charge is 2.13. The van der Waals surface area contributed by atoms with E-state index in [-0.39, 0.29) is 0 Å². The molecule has 0 fully saturated rings. The van der Waals surface area contributed by atoms with Crippen molar-refractivity contribution in [3.63, 3.8) is 0 Å². The van der Waals surface area contributed by atoms with Gasteiger partial charge in [0.15, 0.2) is 0 Å². The van der Waals surface area contributed by atoms with E-state index < -0.39 is 6.10 Å². The zero-order valence-corrected chi connectivity index (χ0v) is 14.1. The van der Waals surface area contributed by atoms with Crippen LogP contribution in [-0.4, -0.2) is 17.2 Å². The molecule has 2 aromatic carbocycles. The van der Waals surface area contributed by atoms with E-state index >= 15 is 0 Å². The molecule has 3 rings (SSSR count). The standard InChI is InChI=1S/C19H18ClNO2/c1-11-8-15(12(2)22)17-10-16(19(20)21-18(17)9-11)13-4-6-14(23-3)7-5-13/h4-10,12,22H,1-3H3. The van der Waals surface area contributed by atoms with Gasteiger partial charge in [-0.05, 0) is 54.8 Å². The summed E-state index contributed by atoms with van der Waals surface area (Å²) < 4.78 is 5.19. The van der Waals surface area contributed by atoms with E-state index in [9.17, 15) is 5.11 Å². The Hall–Kier alpha value is -2.10. The van der Waals surface area contributed by atoms with Gasteiger partial charge < -0.3 is 9.84 Å². The summed E-state index contributed by atoms with van der Waals surface area (Å²) in [5.41, 5.74) is 4.51. The van der Waals surface area contributed by atoms with Gasteiger partial charge in [-0.1, -0.05) is 29.8 Å². The fourth-order valence-corrected chi connectivity index (χ4v) is 3.00. The lowest BCUT2D eigenvalue weighted by Crippen LogP contribution is -1.96. The first kappa shape index (κ1) is 15.8. The van der Waals surface area contributed by atoms with Gasteiger partial charge in [0.05, 0.1) is 18.7 Å². The summed E-state index contributed by atoms with van der Waals surface area (Å²) >= 11 is 6.39. The highest BCUT2D eigenvalue weighted by atomic mass is 35.5. The van der Waals surface area contributed by atoms with Crippen LogP contribution in [-0.2, 0) is 0 Å². The monoisotopic (exact) mass is 327 g/mol. The Balaban J connectivity index is 2.23. The van der Waals surface area contributed by atoms with E-state index in [0.717, 1.165) is 38.9 Å². The van der Waals surface area contributed by atoms with Crippen molar-refractivity contribution < 1.29 is 9.84 Å². The van der Waals surface area contributed by atoms with Crippen LogP contribution in [0.5, 0.6) is 5.75 Å². The second kappa shape index (κ2) is 6.19. The number of ether oxygens (including phenoxy) is 1. The molecule has 4 heteroatoms. The minimum atomic E-state index is -0.566. The molecule has 0 amide bonds. The highest BCUT2D eigenvalue weighted by molar-refractivity contribution is 6.32. The number of aromatic nitrogens is 1. The minimum absolute atomic E-state index is 0.449. The summed E-state index contributed by atoms with van der Waals surface area (Å²) in [4.78, 5) is 4.52. The van der Waals surface area contributed by atoms with Crippen molar-refractivity contribution in [2.45, 2.75) is 20.0 Å². The third kappa shape index (κ3) is 3.03. The largest absolute Gasteiger partial charge is 0.497 e. The van der Waals surface area contributed by atoms with Crippen molar-refractivity contribution in [2.75, 3.05) is 7.11 Å². The number of rotatable bonds is 3.